The zero-order valence-electron chi connectivity index (χ0n) is 15.1. The molecule has 1 aliphatic heterocycles. The number of anilines is 1. The quantitative estimate of drug-likeness (QED) is 0.746. The first-order valence-corrected chi connectivity index (χ1v) is 8.89. The summed E-state index contributed by atoms with van der Waals surface area (Å²) in [6.07, 6.45) is 4.35. The van der Waals surface area contributed by atoms with Crippen molar-refractivity contribution in [3.05, 3.63) is 48.3 Å². The number of methoxy groups -OCH3 is 1. The first-order chi connectivity index (χ1) is 12.8. The van der Waals surface area contributed by atoms with Crippen LogP contribution in [0.25, 0.3) is 0 Å². The highest BCUT2D eigenvalue weighted by Gasteiger charge is 2.21. The van der Waals surface area contributed by atoms with E-state index in [1.807, 2.05) is 23.1 Å². The maximum Gasteiger partial charge on any atom is 0.236 e. The van der Waals surface area contributed by atoms with Crippen molar-refractivity contribution < 1.29 is 9.53 Å². The van der Waals surface area contributed by atoms with Gasteiger partial charge in [-0.1, -0.05) is 12.1 Å². The smallest absolute Gasteiger partial charge is 0.236 e. The number of carbonyl (C=O) groups excluding carboxylic acids is 1. The van der Waals surface area contributed by atoms with Crippen LogP contribution in [0, 0.1) is 0 Å². The number of ether oxygens (including phenoxy) is 1. The van der Waals surface area contributed by atoms with Gasteiger partial charge in [-0.3, -0.25) is 4.79 Å². The normalized spacial score (nSPS) is 14.3. The third-order valence-corrected chi connectivity index (χ3v) is 4.47. The predicted octanol–water partition coefficient (Wildman–Crippen LogP) is 0.966. The molecule has 2 heterocycles. The number of hydrogen-bond acceptors (Lipinski definition) is 6. The molecule has 7 heteroatoms. The van der Waals surface area contributed by atoms with Crippen molar-refractivity contribution in [2.24, 2.45) is 0 Å². The average Bonchev–Trinajstić information content (AvgIpc) is 2.72. The van der Waals surface area contributed by atoms with Crippen molar-refractivity contribution in [2.75, 3.05) is 51.3 Å². The number of hydrogen-bond donors (Lipinski definition) is 1. The van der Waals surface area contributed by atoms with Gasteiger partial charge in [0.05, 0.1) is 13.7 Å². The molecule has 0 unspecified atom stereocenters. The SMILES string of the molecule is COc1cccc(CCNCC(=O)N2CCN(c3ncccn3)CC2)c1. The largest absolute Gasteiger partial charge is 0.497 e. The molecule has 1 N–H and O–H groups in total. The summed E-state index contributed by atoms with van der Waals surface area (Å²) in [6.45, 7) is 4.06. The monoisotopic (exact) mass is 355 g/mol. The fraction of sp³-hybridized carbons (Fsp3) is 0.421. The topological polar surface area (TPSA) is 70.6 Å². The lowest BCUT2D eigenvalue weighted by molar-refractivity contribution is -0.130. The van der Waals surface area contributed by atoms with Gasteiger partial charge in [-0.15, -0.1) is 0 Å². The molecule has 26 heavy (non-hydrogen) atoms. The number of nitrogens with zero attached hydrogens (tertiary/aromatic N) is 4. The van der Waals surface area contributed by atoms with Crippen LogP contribution in [-0.4, -0.2) is 67.2 Å². The van der Waals surface area contributed by atoms with E-state index < -0.39 is 0 Å². The number of nitrogens with one attached hydrogen (secondary N) is 1. The molecule has 0 saturated carbocycles. The van der Waals surface area contributed by atoms with Crippen LogP contribution in [0.1, 0.15) is 5.56 Å². The maximum atomic E-state index is 12.3. The highest BCUT2D eigenvalue weighted by atomic mass is 16.5. The number of rotatable bonds is 7. The van der Waals surface area contributed by atoms with Crippen LogP contribution >= 0.6 is 0 Å². The van der Waals surface area contributed by atoms with Gasteiger partial charge in [-0.25, -0.2) is 9.97 Å². The lowest BCUT2D eigenvalue weighted by Gasteiger charge is -2.34. The minimum Gasteiger partial charge on any atom is -0.497 e. The van der Waals surface area contributed by atoms with Gasteiger partial charge in [0.1, 0.15) is 5.75 Å². The van der Waals surface area contributed by atoms with Crippen LogP contribution in [0.4, 0.5) is 5.95 Å². The second-order valence-electron chi connectivity index (χ2n) is 6.19. The Kier molecular flexibility index (Phi) is 6.38. The molecular formula is C19H25N5O2. The maximum absolute atomic E-state index is 12.3. The van der Waals surface area contributed by atoms with Crippen molar-refractivity contribution in [3.63, 3.8) is 0 Å². The summed E-state index contributed by atoms with van der Waals surface area (Å²) < 4.78 is 5.23. The molecule has 7 nitrogen and oxygen atoms in total. The molecule has 0 aliphatic carbocycles. The zero-order valence-corrected chi connectivity index (χ0v) is 15.1. The minimum absolute atomic E-state index is 0.143. The molecule has 2 aromatic rings. The molecule has 0 spiro atoms. The fourth-order valence-electron chi connectivity index (χ4n) is 2.98. The molecule has 1 saturated heterocycles. The molecule has 138 valence electrons. The lowest BCUT2D eigenvalue weighted by Crippen LogP contribution is -2.51. The van der Waals surface area contributed by atoms with Gasteiger partial charge in [0.15, 0.2) is 0 Å². The van der Waals surface area contributed by atoms with Crippen molar-refractivity contribution in [3.8, 4) is 5.75 Å². The van der Waals surface area contributed by atoms with E-state index in [1.54, 1.807) is 25.6 Å². The second-order valence-corrected chi connectivity index (χ2v) is 6.19. The van der Waals surface area contributed by atoms with Gasteiger partial charge in [-0.2, -0.15) is 0 Å². The van der Waals surface area contributed by atoms with Crippen molar-refractivity contribution in [1.29, 1.82) is 0 Å². The first-order valence-electron chi connectivity index (χ1n) is 8.89. The number of piperazine rings is 1. The van der Waals surface area contributed by atoms with E-state index >= 15 is 0 Å². The van der Waals surface area contributed by atoms with E-state index in [-0.39, 0.29) is 5.91 Å². The van der Waals surface area contributed by atoms with Crippen molar-refractivity contribution in [1.82, 2.24) is 20.2 Å². The van der Waals surface area contributed by atoms with Gasteiger partial charge < -0.3 is 19.9 Å². The third kappa shape index (κ3) is 4.92. The Bertz CT molecular complexity index is 702. The molecule has 1 fully saturated rings. The zero-order chi connectivity index (χ0) is 18.2. The van der Waals surface area contributed by atoms with E-state index in [0.717, 1.165) is 37.8 Å². The summed E-state index contributed by atoms with van der Waals surface area (Å²) in [5, 5.41) is 3.24. The summed E-state index contributed by atoms with van der Waals surface area (Å²) in [6, 6.07) is 9.81. The van der Waals surface area contributed by atoms with Gasteiger partial charge in [0, 0.05) is 38.6 Å². The van der Waals surface area contributed by atoms with Crippen LogP contribution in [-0.2, 0) is 11.2 Å². The Hall–Kier alpha value is -2.67. The lowest BCUT2D eigenvalue weighted by atomic mass is 10.1. The number of benzene rings is 1. The first kappa shape index (κ1) is 18.1. The second kappa shape index (κ2) is 9.15. The summed E-state index contributed by atoms with van der Waals surface area (Å²) >= 11 is 0. The van der Waals surface area contributed by atoms with Crippen LogP contribution in [0.15, 0.2) is 42.7 Å². The minimum atomic E-state index is 0.143. The molecule has 1 aromatic heterocycles. The molecule has 1 aromatic carbocycles. The highest BCUT2D eigenvalue weighted by Crippen LogP contribution is 2.12. The molecule has 0 radical (unpaired) electrons. The molecule has 0 atom stereocenters. The Morgan fingerprint density at radius 2 is 1.92 bits per heavy atom. The summed E-state index contributed by atoms with van der Waals surface area (Å²) in [5.74, 6) is 1.74. The summed E-state index contributed by atoms with van der Waals surface area (Å²) in [7, 11) is 1.67. The number of carbonyl (C=O) groups is 1. The van der Waals surface area contributed by atoms with Gasteiger partial charge in [0.25, 0.3) is 0 Å². The summed E-state index contributed by atoms with van der Waals surface area (Å²) in [5.41, 5.74) is 1.20. The summed E-state index contributed by atoms with van der Waals surface area (Å²) in [4.78, 5) is 24.9. The van der Waals surface area contributed by atoms with Gasteiger partial charge in [0.2, 0.25) is 11.9 Å². The average molecular weight is 355 g/mol. The van der Waals surface area contributed by atoms with Crippen LogP contribution < -0.4 is 15.0 Å². The Morgan fingerprint density at radius 1 is 1.15 bits per heavy atom. The fourth-order valence-corrected chi connectivity index (χ4v) is 2.98. The number of aromatic nitrogens is 2. The van der Waals surface area contributed by atoms with Crippen LogP contribution in [0.3, 0.4) is 0 Å². The Balaban J connectivity index is 1.36. The van der Waals surface area contributed by atoms with Crippen molar-refractivity contribution in [2.45, 2.75) is 6.42 Å². The van der Waals surface area contributed by atoms with Crippen LogP contribution in [0.5, 0.6) is 5.75 Å². The van der Waals surface area contributed by atoms with E-state index in [0.29, 0.717) is 19.6 Å². The molecule has 1 aliphatic rings. The molecular weight excluding hydrogens is 330 g/mol. The molecule has 0 bridgehead atoms. The van der Waals surface area contributed by atoms with E-state index in [1.165, 1.54) is 5.56 Å². The Morgan fingerprint density at radius 3 is 2.65 bits per heavy atom. The highest BCUT2D eigenvalue weighted by molar-refractivity contribution is 5.78. The van der Waals surface area contributed by atoms with Crippen molar-refractivity contribution >= 4 is 11.9 Å². The Labute approximate surface area is 154 Å². The third-order valence-electron chi connectivity index (χ3n) is 4.47. The standard InChI is InChI=1S/C19H25N5O2/c1-26-17-5-2-4-16(14-17)6-9-20-15-18(25)23-10-12-24(13-11-23)19-21-7-3-8-22-19/h2-5,7-8,14,20H,6,9-13,15H2,1H3. The molecule has 3 rings (SSSR count). The number of amides is 1. The van der Waals surface area contributed by atoms with E-state index in [4.69, 9.17) is 4.74 Å². The van der Waals surface area contributed by atoms with Gasteiger partial charge in [-0.05, 0) is 36.7 Å². The van der Waals surface area contributed by atoms with E-state index in [9.17, 15) is 4.79 Å². The van der Waals surface area contributed by atoms with Crippen LogP contribution in [0.2, 0.25) is 0 Å². The molecule has 1 amide bonds. The van der Waals surface area contributed by atoms with E-state index in [2.05, 4.69) is 26.3 Å². The predicted molar refractivity (Wildman–Crippen MR) is 100 cm³/mol. The van der Waals surface area contributed by atoms with Gasteiger partial charge >= 0.3 is 0 Å².